The molecule has 1 heterocycles. The molecule has 0 aliphatic rings. The third kappa shape index (κ3) is 1.61. The molecule has 0 aliphatic carbocycles. The van der Waals surface area contributed by atoms with Crippen molar-refractivity contribution in [2.24, 2.45) is 0 Å². The summed E-state index contributed by atoms with van der Waals surface area (Å²) in [5.41, 5.74) is 3.13. The highest BCUT2D eigenvalue weighted by Gasteiger charge is 2.04. The van der Waals surface area contributed by atoms with Gasteiger partial charge in [-0.2, -0.15) is 0 Å². The number of carbonyl (C=O) groups excluding carboxylic acids is 1. The van der Waals surface area contributed by atoms with E-state index >= 15 is 0 Å². The molecule has 1 aromatic heterocycles. The van der Waals surface area contributed by atoms with Gasteiger partial charge in [0.15, 0.2) is 6.29 Å². The van der Waals surface area contributed by atoms with Crippen molar-refractivity contribution in [2.75, 3.05) is 0 Å². The Morgan fingerprint density at radius 2 is 1.86 bits per heavy atom. The molecule has 2 rings (SSSR count). The van der Waals surface area contributed by atoms with Crippen LogP contribution in [0.3, 0.4) is 0 Å². The molecule has 0 radical (unpaired) electrons. The molecule has 2 heteroatoms. The van der Waals surface area contributed by atoms with E-state index in [1.54, 1.807) is 11.3 Å². The van der Waals surface area contributed by atoms with Gasteiger partial charge in [0.1, 0.15) is 0 Å². The molecule has 0 spiro atoms. The summed E-state index contributed by atoms with van der Waals surface area (Å²) >= 11 is 1.60. The van der Waals surface area contributed by atoms with Crippen LogP contribution in [0, 0.1) is 6.92 Å². The van der Waals surface area contributed by atoms with Crippen LogP contribution >= 0.6 is 11.3 Å². The smallest absolute Gasteiger partial charge is 0.151 e. The van der Waals surface area contributed by atoms with E-state index in [-0.39, 0.29) is 0 Å². The highest BCUT2D eigenvalue weighted by Crippen LogP contribution is 2.28. The maximum absolute atomic E-state index is 10.7. The molecule has 14 heavy (non-hydrogen) atoms. The van der Waals surface area contributed by atoms with E-state index in [1.807, 2.05) is 23.6 Å². The second-order valence-electron chi connectivity index (χ2n) is 3.19. The first-order chi connectivity index (χ1) is 6.81. The zero-order valence-electron chi connectivity index (χ0n) is 7.86. The van der Waals surface area contributed by atoms with E-state index in [0.717, 1.165) is 22.3 Å². The van der Waals surface area contributed by atoms with Crippen molar-refractivity contribution >= 4 is 17.6 Å². The van der Waals surface area contributed by atoms with Gasteiger partial charge in [0, 0.05) is 10.4 Å². The lowest BCUT2D eigenvalue weighted by Crippen LogP contribution is -1.80. The molecule has 0 amide bonds. The molecule has 0 bridgehead atoms. The fourth-order valence-corrected chi connectivity index (χ4v) is 2.23. The second kappa shape index (κ2) is 3.76. The van der Waals surface area contributed by atoms with Crippen molar-refractivity contribution in [1.29, 1.82) is 0 Å². The zero-order chi connectivity index (χ0) is 9.97. The van der Waals surface area contributed by atoms with E-state index in [9.17, 15) is 4.79 Å². The van der Waals surface area contributed by atoms with Gasteiger partial charge in [0.05, 0.1) is 0 Å². The van der Waals surface area contributed by atoms with Crippen LogP contribution in [0.2, 0.25) is 0 Å². The summed E-state index contributed by atoms with van der Waals surface area (Å²) < 4.78 is 0. The topological polar surface area (TPSA) is 17.1 Å². The van der Waals surface area contributed by atoms with Crippen LogP contribution in [0.25, 0.3) is 10.4 Å². The largest absolute Gasteiger partial charge is 0.298 e. The summed E-state index contributed by atoms with van der Waals surface area (Å²) in [6.45, 7) is 2.05. The number of aryl methyl sites for hydroxylation is 1. The molecule has 1 nitrogen and oxygen atoms in total. The Kier molecular flexibility index (Phi) is 2.46. The molecular weight excluding hydrogens is 192 g/mol. The normalized spacial score (nSPS) is 10.1. The quantitative estimate of drug-likeness (QED) is 0.681. The first kappa shape index (κ1) is 9.16. The molecule has 2 aromatic rings. The van der Waals surface area contributed by atoms with Crippen molar-refractivity contribution in [1.82, 2.24) is 0 Å². The van der Waals surface area contributed by atoms with Gasteiger partial charge < -0.3 is 0 Å². The Morgan fingerprint density at radius 3 is 2.50 bits per heavy atom. The highest BCUT2D eigenvalue weighted by atomic mass is 32.1. The van der Waals surface area contributed by atoms with Crippen LogP contribution in [-0.4, -0.2) is 6.29 Å². The summed E-state index contributed by atoms with van der Waals surface area (Å²) in [5, 5.41) is 1.94. The number of rotatable bonds is 2. The fourth-order valence-electron chi connectivity index (χ4n) is 1.35. The number of hydrogen-bond acceptors (Lipinski definition) is 2. The summed E-state index contributed by atoms with van der Waals surface area (Å²) in [7, 11) is 0. The van der Waals surface area contributed by atoms with Gasteiger partial charge in [-0.25, -0.2) is 0 Å². The monoisotopic (exact) mass is 202 g/mol. The maximum Gasteiger partial charge on any atom is 0.151 e. The van der Waals surface area contributed by atoms with Gasteiger partial charge in [-0.3, -0.25) is 4.79 Å². The molecule has 0 aliphatic heterocycles. The summed E-state index contributed by atoms with van der Waals surface area (Å²) in [4.78, 5) is 11.8. The standard InChI is InChI=1S/C12H10OS/c1-9-2-4-10(5-3-9)12-11(8-13)6-7-14-12/h2-8H,1H3. The predicted molar refractivity (Wildman–Crippen MR) is 59.9 cm³/mol. The van der Waals surface area contributed by atoms with E-state index in [2.05, 4.69) is 19.1 Å². The Labute approximate surface area is 87.0 Å². The summed E-state index contributed by atoms with van der Waals surface area (Å²) in [6, 6.07) is 10.1. The number of aldehydes is 1. The average Bonchev–Trinajstić information content (AvgIpc) is 2.67. The van der Waals surface area contributed by atoms with Crippen molar-refractivity contribution in [3.8, 4) is 10.4 Å². The van der Waals surface area contributed by atoms with Crippen LogP contribution in [-0.2, 0) is 0 Å². The van der Waals surface area contributed by atoms with Crippen LogP contribution in [0.1, 0.15) is 15.9 Å². The minimum absolute atomic E-state index is 0.777. The molecule has 0 saturated heterocycles. The number of hydrogen-bond donors (Lipinski definition) is 0. The van der Waals surface area contributed by atoms with Gasteiger partial charge in [-0.15, -0.1) is 11.3 Å². The van der Waals surface area contributed by atoms with Crippen molar-refractivity contribution in [2.45, 2.75) is 6.92 Å². The van der Waals surface area contributed by atoms with Gasteiger partial charge in [-0.1, -0.05) is 29.8 Å². The van der Waals surface area contributed by atoms with Crippen LogP contribution in [0.15, 0.2) is 35.7 Å². The Balaban J connectivity index is 2.49. The Bertz CT molecular complexity index is 440. The van der Waals surface area contributed by atoms with E-state index in [4.69, 9.17) is 0 Å². The van der Waals surface area contributed by atoms with E-state index in [0.29, 0.717) is 0 Å². The molecule has 0 saturated carbocycles. The fraction of sp³-hybridized carbons (Fsp3) is 0.0833. The lowest BCUT2D eigenvalue weighted by Gasteiger charge is -1.99. The van der Waals surface area contributed by atoms with Gasteiger partial charge in [0.25, 0.3) is 0 Å². The van der Waals surface area contributed by atoms with Crippen LogP contribution in [0.4, 0.5) is 0 Å². The molecule has 0 N–H and O–H groups in total. The van der Waals surface area contributed by atoms with Gasteiger partial charge in [0.2, 0.25) is 0 Å². The molecule has 0 fully saturated rings. The minimum Gasteiger partial charge on any atom is -0.298 e. The minimum atomic E-state index is 0.777. The van der Waals surface area contributed by atoms with Gasteiger partial charge in [-0.05, 0) is 23.9 Å². The van der Waals surface area contributed by atoms with Crippen molar-refractivity contribution < 1.29 is 4.79 Å². The summed E-state index contributed by atoms with van der Waals surface area (Å²) in [5.74, 6) is 0. The van der Waals surface area contributed by atoms with E-state index in [1.165, 1.54) is 5.56 Å². The predicted octanol–water partition coefficient (Wildman–Crippen LogP) is 3.54. The summed E-state index contributed by atoms with van der Waals surface area (Å²) in [6.07, 6.45) is 0.908. The van der Waals surface area contributed by atoms with E-state index < -0.39 is 0 Å². The van der Waals surface area contributed by atoms with Gasteiger partial charge >= 0.3 is 0 Å². The lowest BCUT2D eigenvalue weighted by atomic mass is 10.1. The van der Waals surface area contributed by atoms with Crippen LogP contribution < -0.4 is 0 Å². The molecular formula is C12H10OS. The number of benzene rings is 1. The SMILES string of the molecule is Cc1ccc(-c2sccc2C=O)cc1. The molecule has 70 valence electrons. The lowest BCUT2D eigenvalue weighted by molar-refractivity contribution is 0.112. The number of thiophene rings is 1. The average molecular weight is 202 g/mol. The van der Waals surface area contributed by atoms with Crippen molar-refractivity contribution in [3.63, 3.8) is 0 Å². The third-order valence-corrected chi connectivity index (χ3v) is 3.12. The first-order valence-corrected chi connectivity index (χ1v) is 5.29. The maximum atomic E-state index is 10.7. The first-order valence-electron chi connectivity index (χ1n) is 4.41. The third-order valence-electron chi connectivity index (χ3n) is 2.14. The van der Waals surface area contributed by atoms with Crippen molar-refractivity contribution in [3.05, 3.63) is 46.8 Å². The second-order valence-corrected chi connectivity index (χ2v) is 4.11. The van der Waals surface area contributed by atoms with Crippen LogP contribution in [0.5, 0.6) is 0 Å². The molecule has 0 atom stereocenters. The molecule has 0 unspecified atom stereocenters. The zero-order valence-corrected chi connectivity index (χ0v) is 8.67. The highest BCUT2D eigenvalue weighted by molar-refractivity contribution is 7.14. The Hall–Kier alpha value is -1.41. The molecule has 1 aromatic carbocycles. The number of carbonyl (C=O) groups is 1. The Morgan fingerprint density at radius 1 is 1.14 bits per heavy atom.